The molecule has 5 heteroatoms. The van der Waals surface area contributed by atoms with E-state index >= 15 is 0 Å². The van der Waals surface area contributed by atoms with Crippen LogP contribution in [-0.2, 0) is 0 Å². The fourth-order valence-corrected chi connectivity index (χ4v) is 2.39. The Morgan fingerprint density at radius 3 is 3.06 bits per heavy atom. The van der Waals surface area contributed by atoms with Crippen LogP contribution in [0, 0.1) is 0 Å². The number of nitrogens with zero attached hydrogens (tertiary/aromatic N) is 1. The van der Waals surface area contributed by atoms with Crippen LogP contribution in [0.3, 0.4) is 0 Å². The summed E-state index contributed by atoms with van der Waals surface area (Å²) in [5.74, 6) is 1.60. The zero-order chi connectivity index (χ0) is 11.7. The summed E-state index contributed by atoms with van der Waals surface area (Å²) < 4.78 is 10.6. The monoisotopic (exact) mass is 248 g/mol. The van der Waals surface area contributed by atoms with Crippen LogP contribution in [0.5, 0.6) is 11.5 Å². The van der Waals surface area contributed by atoms with Crippen molar-refractivity contribution in [3.8, 4) is 11.5 Å². The first kappa shape index (κ1) is 10.4. The van der Waals surface area contributed by atoms with Crippen LogP contribution in [0.4, 0.5) is 5.69 Å². The SMILES string of the molecule is CC(Nc1ccc2c(c1)OCO2)c1nccs1. The van der Waals surface area contributed by atoms with Gasteiger partial charge in [-0.05, 0) is 19.1 Å². The van der Waals surface area contributed by atoms with Gasteiger partial charge in [0.05, 0.1) is 6.04 Å². The van der Waals surface area contributed by atoms with Crippen molar-refractivity contribution < 1.29 is 9.47 Å². The molecular formula is C12H12N2O2S. The van der Waals surface area contributed by atoms with Gasteiger partial charge in [0.1, 0.15) is 5.01 Å². The number of nitrogens with one attached hydrogen (secondary N) is 1. The highest BCUT2D eigenvalue weighted by Gasteiger charge is 2.14. The number of hydrogen-bond donors (Lipinski definition) is 1. The van der Waals surface area contributed by atoms with Crippen LogP contribution in [0.1, 0.15) is 18.0 Å². The van der Waals surface area contributed by atoms with Crippen LogP contribution >= 0.6 is 11.3 Å². The molecule has 17 heavy (non-hydrogen) atoms. The number of anilines is 1. The molecule has 3 rings (SSSR count). The Labute approximate surface area is 103 Å². The normalized spacial score (nSPS) is 14.6. The Morgan fingerprint density at radius 1 is 1.35 bits per heavy atom. The Kier molecular flexibility index (Phi) is 2.60. The lowest BCUT2D eigenvalue weighted by atomic mass is 10.2. The second-order valence-electron chi connectivity index (χ2n) is 3.80. The van der Waals surface area contributed by atoms with Crippen molar-refractivity contribution in [3.63, 3.8) is 0 Å². The van der Waals surface area contributed by atoms with E-state index in [1.165, 1.54) is 0 Å². The van der Waals surface area contributed by atoms with Crippen LogP contribution in [0.2, 0.25) is 0 Å². The molecule has 1 N–H and O–H groups in total. The first-order valence-electron chi connectivity index (χ1n) is 5.38. The van der Waals surface area contributed by atoms with Gasteiger partial charge >= 0.3 is 0 Å². The summed E-state index contributed by atoms with van der Waals surface area (Å²) in [4.78, 5) is 4.28. The Hall–Kier alpha value is -1.75. The van der Waals surface area contributed by atoms with Gasteiger partial charge in [-0.25, -0.2) is 4.98 Å². The van der Waals surface area contributed by atoms with Gasteiger partial charge in [0.25, 0.3) is 0 Å². The Bertz CT molecular complexity index is 513. The molecule has 0 saturated carbocycles. The average molecular weight is 248 g/mol. The molecule has 0 radical (unpaired) electrons. The van der Waals surface area contributed by atoms with Gasteiger partial charge in [-0.3, -0.25) is 0 Å². The summed E-state index contributed by atoms with van der Waals surface area (Å²) in [6.07, 6.45) is 1.82. The van der Waals surface area contributed by atoms with Crippen molar-refractivity contribution >= 4 is 17.0 Å². The maximum absolute atomic E-state index is 5.34. The van der Waals surface area contributed by atoms with Gasteiger partial charge in [0.2, 0.25) is 6.79 Å². The van der Waals surface area contributed by atoms with Crippen molar-refractivity contribution in [2.45, 2.75) is 13.0 Å². The van der Waals surface area contributed by atoms with Gasteiger partial charge in [-0.15, -0.1) is 11.3 Å². The number of benzene rings is 1. The Balaban J connectivity index is 1.77. The van der Waals surface area contributed by atoms with E-state index in [0.717, 1.165) is 22.2 Å². The smallest absolute Gasteiger partial charge is 0.231 e. The highest BCUT2D eigenvalue weighted by atomic mass is 32.1. The lowest BCUT2D eigenvalue weighted by Gasteiger charge is -2.12. The second-order valence-corrected chi connectivity index (χ2v) is 4.73. The van der Waals surface area contributed by atoms with E-state index in [9.17, 15) is 0 Å². The summed E-state index contributed by atoms with van der Waals surface area (Å²) in [6.45, 7) is 2.39. The number of ether oxygens (including phenoxy) is 2. The van der Waals surface area contributed by atoms with E-state index in [4.69, 9.17) is 9.47 Å². The van der Waals surface area contributed by atoms with Gasteiger partial charge in [-0.1, -0.05) is 0 Å². The predicted octanol–water partition coefficient (Wildman–Crippen LogP) is 3.04. The van der Waals surface area contributed by atoms with Crippen LogP contribution in [-0.4, -0.2) is 11.8 Å². The zero-order valence-corrected chi connectivity index (χ0v) is 10.2. The lowest BCUT2D eigenvalue weighted by Crippen LogP contribution is -2.05. The molecule has 1 atom stereocenters. The quantitative estimate of drug-likeness (QED) is 0.906. The largest absolute Gasteiger partial charge is 0.454 e. The van der Waals surface area contributed by atoms with Crippen LogP contribution in [0.25, 0.3) is 0 Å². The molecule has 2 heterocycles. The molecule has 1 aromatic carbocycles. The molecule has 0 fully saturated rings. The molecule has 0 spiro atoms. The molecular weight excluding hydrogens is 236 g/mol. The summed E-state index contributed by atoms with van der Waals surface area (Å²) in [5.41, 5.74) is 1.01. The third-order valence-corrected chi connectivity index (χ3v) is 3.54. The molecule has 0 saturated heterocycles. The first-order chi connectivity index (χ1) is 8.33. The van der Waals surface area contributed by atoms with Crippen molar-refractivity contribution in [2.75, 3.05) is 12.1 Å². The van der Waals surface area contributed by atoms with E-state index in [-0.39, 0.29) is 6.04 Å². The summed E-state index contributed by atoms with van der Waals surface area (Å²) in [5, 5.41) is 6.44. The predicted molar refractivity (Wildman–Crippen MR) is 66.7 cm³/mol. The molecule has 1 unspecified atom stereocenters. The van der Waals surface area contributed by atoms with Gasteiger partial charge in [0, 0.05) is 23.3 Å². The highest BCUT2D eigenvalue weighted by Crippen LogP contribution is 2.35. The molecule has 4 nitrogen and oxygen atoms in total. The van der Waals surface area contributed by atoms with Crippen molar-refractivity contribution in [3.05, 3.63) is 34.8 Å². The zero-order valence-electron chi connectivity index (χ0n) is 9.34. The van der Waals surface area contributed by atoms with Gasteiger partial charge in [-0.2, -0.15) is 0 Å². The van der Waals surface area contributed by atoms with E-state index < -0.39 is 0 Å². The average Bonchev–Trinajstić information content (AvgIpc) is 2.99. The molecule has 1 aliphatic heterocycles. The standard InChI is InChI=1S/C12H12N2O2S/c1-8(12-13-4-5-17-12)14-9-2-3-10-11(6-9)16-7-15-10/h2-6,8,14H,7H2,1H3. The maximum Gasteiger partial charge on any atom is 0.231 e. The Morgan fingerprint density at radius 2 is 2.24 bits per heavy atom. The van der Waals surface area contributed by atoms with E-state index in [1.54, 1.807) is 11.3 Å². The lowest BCUT2D eigenvalue weighted by molar-refractivity contribution is 0.174. The van der Waals surface area contributed by atoms with Gasteiger partial charge in [0.15, 0.2) is 11.5 Å². The molecule has 1 aliphatic rings. The highest BCUT2D eigenvalue weighted by molar-refractivity contribution is 7.09. The molecule has 0 amide bonds. The number of rotatable bonds is 3. The minimum Gasteiger partial charge on any atom is -0.454 e. The summed E-state index contributed by atoms with van der Waals surface area (Å²) in [7, 11) is 0. The first-order valence-corrected chi connectivity index (χ1v) is 6.26. The van der Waals surface area contributed by atoms with Gasteiger partial charge < -0.3 is 14.8 Å². The second kappa shape index (κ2) is 4.25. The fourth-order valence-electron chi connectivity index (χ4n) is 1.75. The van der Waals surface area contributed by atoms with Crippen molar-refractivity contribution in [1.29, 1.82) is 0 Å². The minimum atomic E-state index is 0.190. The van der Waals surface area contributed by atoms with Crippen LogP contribution in [0.15, 0.2) is 29.8 Å². The third-order valence-electron chi connectivity index (χ3n) is 2.58. The van der Waals surface area contributed by atoms with Crippen molar-refractivity contribution in [2.24, 2.45) is 0 Å². The molecule has 2 aromatic rings. The topological polar surface area (TPSA) is 43.4 Å². The van der Waals surface area contributed by atoms with E-state index in [0.29, 0.717) is 6.79 Å². The minimum absolute atomic E-state index is 0.190. The van der Waals surface area contributed by atoms with Crippen LogP contribution < -0.4 is 14.8 Å². The number of fused-ring (bicyclic) bond motifs is 1. The van der Waals surface area contributed by atoms with E-state index in [2.05, 4.69) is 17.2 Å². The molecule has 1 aromatic heterocycles. The fraction of sp³-hybridized carbons (Fsp3) is 0.250. The molecule has 88 valence electrons. The van der Waals surface area contributed by atoms with Crippen molar-refractivity contribution in [1.82, 2.24) is 4.98 Å². The maximum atomic E-state index is 5.34. The molecule has 0 aliphatic carbocycles. The third kappa shape index (κ3) is 2.06. The number of aromatic nitrogens is 1. The summed E-state index contributed by atoms with van der Waals surface area (Å²) in [6, 6.07) is 6.04. The van der Waals surface area contributed by atoms with E-state index in [1.807, 2.05) is 29.8 Å². The number of hydrogen-bond acceptors (Lipinski definition) is 5. The molecule has 0 bridgehead atoms. The summed E-state index contributed by atoms with van der Waals surface area (Å²) >= 11 is 1.65. The number of thiazole rings is 1.